The van der Waals surface area contributed by atoms with E-state index in [-0.39, 0.29) is 28.9 Å². The molecule has 7 heteroatoms. The number of hydrogen-bond donors (Lipinski definition) is 1. The summed E-state index contributed by atoms with van der Waals surface area (Å²) in [6.07, 6.45) is 2.35. The molecule has 2 amide bonds. The Kier molecular flexibility index (Phi) is 5.61. The molecule has 2 aliphatic heterocycles. The van der Waals surface area contributed by atoms with Crippen molar-refractivity contribution in [3.8, 4) is 0 Å². The zero-order valence-corrected chi connectivity index (χ0v) is 15.7. The van der Waals surface area contributed by atoms with Crippen LogP contribution in [0.4, 0.5) is 4.79 Å². The Balaban J connectivity index is 1.93. The molecule has 0 aromatic rings. The average molecular weight is 346 g/mol. The maximum absolute atomic E-state index is 12.5. The lowest BCUT2D eigenvalue weighted by atomic mass is 9.76. The van der Waals surface area contributed by atoms with Gasteiger partial charge >= 0.3 is 6.03 Å². The van der Waals surface area contributed by atoms with Crippen molar-refractivity contribution >= 4 is 15.9 Å². The van der Waals surface area contributed by atoms with Crippen LogP contribution >= 0.6 is 0 Å². The highest BCUT2D eigenvalue weighted by molar-refractivity contribution is 7.91. The monoisotopic (exact) mass is 345 g/mol. The van der Waals surface area contributed by atoms with E-state index in [1.54, 1.807) is 4.90 Å². The van der Waals surface area contributed by atoms with E-state index in [0.29, 0.717) is 25.7 Å². The molecule has 2 unspecified atom stereocenters. The number of likely N-dealkylation sites (N-methyl/N-ethyl adjacent to an activating group) is 1. The Hall–Kier alpha value is -0.820. The normalized spacial score (nSPS) is 31.4. The van der Waals surface area contributed by atoms with Crippen LogP contribution in [0, 0.1) is 11.3 Å². The summed E-state index contributed by atoms with van der Waals surface area (Å²) in [5.74, 6) is 0.233. The van der Waals surface area contributed by atoms with Crippen molar-refractivity contribution < 1.29 is 13.2 Å². The minimum absolute atomic E-state index is 0.0120. The number of urea groups is 1. The van der Waals surface area contributed by atoms with Crippen LogP contribution in [0.3, 0.4) is 0 Å². The van der Waals surface area contributed by atoms with Crippen molar-refractivity contribution in [2.45, 2.75) is 39.7 Å². The van der Waals surface area contributed by atoms with E-state index in [1.165, 1.54) is 6.42 Å². The molecule has 0 spiro atoms. The first kappa shape index (κ1) is 18.5. The van der Waals surface area contributed by atoms with Crippen LogP contribution in [0.15, 0.2) is 0 Å². The summed E-state index contributed by atoms with van der Waals surface area (Å²) in [4.78, 5) is 16.4. The molecule has 2 atom stereocenters. The number of nitrogens with zero attached hydrogens (tertiary/aromatic N) is 2. The van der Waals surface area contributed by atoms with E-state index in [0.717, 1.165) is 13.0 Å². The number of sulfone groups is 1. The first-order valence-electron chi connectivity index (χ1n) is 8.54. The molecular weight excluding hydrogens is 314 g/mol. The van der Waals surface area contributed by atoms with Gasteiger partial charge < -0.3 is 15.1 Å². The zero-order valence-electron chi connectivity index (χ0n) is 14.8. The lowest BCUT2D eigenvalue weighted by Crippen LogP contribution is -2.55. The molecule has 2 fully saturated rings. The predicted octanol–water partition coefficient (Wildman–Crippen LogP) is 1.18. The summed E-state index contributed by atoms with van der Waals surface area (Å²) in [6, 6.07) is 0.178. The second kappa shape index (κ2) is 6.97. The quantitative estimate of drug-likeness (QED) is 0.816. The van der Waals surface area contributed by atoms with Gasteiger partial charge in [0.05, 0.1) is 11.5 Å². The predicted molar refractivity (Wildman–Crippen MR) is 92.2 cm³/mol. The Morgan fingerprint density at radius 3 is 2.65 bits per heavy atom. The molecule has 0 aromatic heterocycles. The summed E-state index contributed by atoms with van der Waals surface area (Å²) < 4.78 is 23.6. The number of amides is 2. The molecule has 0 bridgehead atoms. The van der Waals surface area contributed by atoms with Crippen LogP contribution in [-0.2, 0) is 9.84 Å². The molecule has 2 aliphatic rings. The van der Waals surface area contributed by atoms with Gasteiger partial charge in [0.15, 0.2) is 9.84 Å². The largest absolute Gasteiger partial charge is 0.336 e. The Morgan fingerprint density at radius 1 is 1.30 bits per heavy atom. The number of piperidine rings is 1. The van der Waals surface area contributed by atoms with Crippen molar-refractivity contribution in [1.82, 2.24) is 15.1 Å². The molecule has 0 radical (unpaired) electrons. The highest BCUT2D eigenvalue weighted by atomic mass is 32.2. The van der Waals surface area contributed by atoms with Gasteiger partial charge in [-0.15, -0.1) is 0 Å². The number of carbonyl (C=O) groups excluding carboxylic acids is 1. The third-order valence-corrected chi connectivity index (χ3v) is 7.12. The van der Waals surface area contributed by atoms with Crippen LogP contribution in [-0.4, -0.2) is 75.0 Å². The topological polar surface area (TPSA) is 69.7 Å². The van der Waals surface area contributed by atoms with E-state index in [1.807, 2.05) is 6.92 Å². The molecule has 0 aliphatic carbocycles. The van der Waals surface area contributed by atoms with Crippen molar-refractivity contribution in [2.24, 2.45) is 11.3 Å². The smallest absolute Gasteiger partial charge is 0.317 e. The van der Waals surface area contributed by atoms with Gasteiger partial charge in [0.25, 0.3) is 0 Å². The van der Waals surface area contributed by atoms with Gasteiger partial charge in [-0.25, -0.2) is 13.2 Å². The van der Waals surface area contributed by atoms with Crippen LogP contribution in [0.2, 0.25) is 0 Å². The fraction of sp³-hybridized carbons (Fsp3) is 0.938. The van der Waals surface area contributed by atoms with E-state index < -0.39 is 9.84 Å². The third-order valence-electron chi connectivity index (χ3n) is 5.24. The maximum atomic E-state index is 12.5. The van der Waals surface area contributed by atoms with E-state index in [2.05, 4.69) is 31.1 Å². The first-order valence-corrected chi connectivity index (χ1v) is 10.4. The fourth-order valence-electron chi connectivity index (χ4n) is 3.90. The van der Waals surface area contributed by atoms with Crippen LogP contribution in [0.1, 0.15) is 33.6 Å². The molecule has 2 heterocycles. The molecular formula is C16H31N3O3S. The molecule has 23 heavy (non-hydrogen) atoms. The SMILES string of the molecule is CC1CN(C(=O)NCC2N(C)CCCC2(C)C)CCS(=O)(=O)C1. The third kappa shape index (κ3) is 4.83. The van der Waals surface area contributed by atoms with E-state index in [9.17, 15) is 13.2 Å². The minimum atomic E-state index is -3.03. The summed E-state index contributed by atoms with van der Waals surface area (Å²) in [5, 5.41) is 3.03. The first-order chi connectivity index (χ1) is 10.6. The second-order valence-corrected chi connectivity index (χ2v) is 10.2. The number of carbonyl (C=O) groups is 1. The molecule has 0 saturated carbocycles. The van der Waals surface area contributed by atoms with Crippen LogP contribution in [0.5, 0.6) is 0 Å². The number of likely N-dealkylation sites (tertiary alicyclic amines) is 1. The summed E-state index contributed by atoms with van der Waals surface area (Å²) in [5.41, 5.74) is 0.176. The van der Waals surface area contributed by atoms with Crippen molar-refractivity contribution in [3.63, 3.8) is 0 Å². The average Bonchev–Trinajstić information content (AvgIpc) is 2.54. The maximum Gasteiger partial charge on any atom is 0.317 e. The fourth-order valence-corrected chi connectivity index (χ4v) is 5.54. The molecule has 0 aromatic carbocycles. The lowest BCUT2D eigenvalue weighted by molar-refractivity contribution is 0.0587. The van der Waals surface area contributed by atoms with Gasteiger partial charge in [0.1, 0.15) is 0 Å². The van der Waals surface area contributed by atoms with Crippen molar-refractivity contribution in [1.29, 1.82) is 0 Å². The zero-order chi connectivity index (χ0) is 17.3. The standard InChI is InChI=1S/C16H31N3O3S/c1-13-11-19(8-9-23(21,22)12-13)15(20)17-10-14-16(2,3)6-5-7-18(14)4/h13-14H,5-12H2,1-4H3,(H,17,20). The van der Waals surface area contributed by atoms with Crippen LogP contribution in [0.25, 0.3) is 0 Å². The van der Waals surface area contributed by atoms with Gasteiger partial charge in [-0.3, -0.25) is 0 Å². The van der Waals surface area contributed by atoms with Gasteiger partial charge in [-0.1, -0.05) is 20.8 Å². The van der Waals surface area contributed by atoms with Gasteiger partial charge in [-0.05, 0) is 37.8 Å². The van der Waals surface area contributed by atoms with E-state index >= 15 is 0 Å². The molecule has 2 rings (SSSR count). The lowest BCUT2D eigenvalue weighted by Gasteiger charge is -2.45. The Bertz CT molecular complexity index is 533. The van der Waals surface area contributed by atoms with Crippen LogP contribution < -0.4 is 5.32 Å². The Morgan fingerprint density at radius 2 is 2.00 bits per heavy atom. The van der Waals surface area contributed by atoms with Gasteiger partial charge in [0.2, 0.25) is 0 Å². The van der Waals surface area contributed by atoms with E-state index in [4.69, 9.17) is 0 Å². The summed E-state index contributed by atoms with van der Waals surface area (Å²) in [6.45, 7) is 8.86. The highest BCUT2D eigenvalue weighted by Gasteiger charge is 2.36. The molecule has 2 saturated heterocycles. The van der Waals surface area contributed by atoms with Gasteiger partial charge in [-0.2, -0.15) is 0 Å². The molecule has 1 N–H and O–H groups in total. The number of hydrogen-bond acceptors (Lipinski definition) is 4. The highest BCUT2D eigenvalue weighted by Crippen LogP contribution is 2.33. The Labute approximate surface area is 140 Å². The van der Waals surface area contributed by atoms with Crippen molar-refractivity contribution in [2.75, 3.05) is 44.7 Å². The van der Waals surface area contributed by atoms with Gasteiger partial charge in [0, 0.05) is 25.7 Å². The molecule has 6 nitrogen and oxygen atoms in total. The van der Waals surface area contributed by atoms with Crippen molar-refractivity contribution in [3.05, 3.63) is 0 Å². The number of rotatable bonds is 2. The molecule has 134 valence electrons. The summed E-state index contributed by atoms with van der Waals surface area (Å²) in [7, 11) is -0.918. The summed E-state index contributed by atoms with van der Waals surface area (Å²) >= 11 is 0. The minimum Gasteiger partial charge on any atom is -0.336 e. The second-order valence-electron chi connectivity index (χ2n) is 7.94. The number of nitrogens with one attached hydrogen (secondary N) is 1.